The summed E-state index contributed by atoms with van der Waals surface area (Å²) in [7, 11) is 1.66. The molecule has 0 spiro atoms. The van der Waals surface area contributed by atoms with E-state index in [1.54, 1.807) is 7.11 Å². The molecule has 0 aliphatic carbocycles. The number of halogens is 1. The summed E-state index contributed by atoms with van der Waals surface area (Å²) in [6, 6.07) is 5.73. The molecule has 14 heavy (non-hydrogen) atoms. The molecule has 0 aromatic heterocycles. The number of benzene rings is 1. The lowest BCUT2D eigenvalue weighted by Gasteiger charge is -2.06. The van der Waals surface area contributed by atoms with Gasteiger partial charge >= 0.3 is 0 Å². The van der Waals surface area contributed by atoms with Crippen LogP contribution in [0.4, 0.5) is 0 Å². The molecule has 1 aromatic rings. The van der Waals surface area contributed by atoms with Crippen LogP contribution in [0.15, 0.2) is 18.2 Å². The Morgan fingerprint density at radius 3 is 2.79 bits per heavy atom. The summed E-state index contributed by atoms with van der Waals surface area (Å²) in [5.74, 6) is 0.858. The van der Waals surface area contributed by atoms with Crippen LogP contribution in [-0.2, 0) is 6.42 Å². The average Bonchev–Trinajstić information content (AvgIpc) is 2.21. The molecule has 0 aliphatic heterocycles. The Morgan fingerprint density at radius 2 is 2.14 bits per heavy atom. The molecule has 2 N–H and O–H groups in total. The van der Waals surface area contributed by atoms with Crippen LogP contribution in [0.5, 0.6) is 5.75 Å². The molecular weight excluding hydrogens is 198 g/mol. The summed E-state index contributed by atoms with van der Waals surface area (Å²) >= 11 is 6.05. The maximum Gasteiger partial charge on any atom is 0.119 e. The van der Waals surface area contributed by atoms with Gasteiger partial charge in [-0.05, 0) is 49.6 Å². The van der Waals surface area contributed by atoms with Crippen LogP contribution in [0.1, 0.15) is 18.4 Å². The summed E-state index contributed by atoms with van der Waals surface area (Å²) in [4.78, 5) is 0. The first-order chi connectivity index (χ1) is 6.77. The van der Waals surface area contributed by atoms with Crippen LogP contribution >= 0.6 is 11.6 Å². The van der Waals surface area contributed by atoms with E-state index >= 15 is 0 Å². The van der Waals surface area contributed by atoms with Crippen LogP contribution in [0, 0.1) is 0 Å². The minimum Gasteiger partial charge on any atom is -0.497 e. The molecule has 0 radical (unpaired) electrons. The van der Waals surface area contributed by atoms with E-state index in [1.165, 1.54) is 0 Å². The highest BCUT2D eigenvalue weighted by Crippen LogP contribution is 2.23. The van der Waals surface area contributed by atoms with E-state index in [1.807, 2.05) is 18.2 Å². The fraction of sp³-hybridized carbons (Fsp3) is 0.455. The van der Waals surface area contributed by atoms with Crippen LogP contribution in [0.25, 0.3) is 0 Å². The second-order valence-electron chi connectivity index (χ2n) is 3.20. The minimum absolute atomic E-state index is 0.738. The summed E-state index contributed by atoms with van der Waals surface area (Å²) in [5, 5.41) is 0.808. The second-order valence-corrected chi connectivity index (χ2v) is 3.61. The molecule has 0 unspecified atom stereocenters. The van der Waals surface area contributed by atoms with Gasteiger partial charge in [-0.1, -0.05) is 11.6 Å². The number of unbranched alkanes of at least 4 members (excludes halogenated alkanes) is 1. The number of nitrogens with two attached hydrogens (primary N) is 1. The normalized spacial score (nSPS) is 10.2. The number of methoxy groups -OCH3 is 1. The lowest BCUT2D eigenvalue weighted by Crippen LogP contribution is -1.99. The Bertz CT molecular complexity index is 289. The van der Waals surface area contributed by atoms with E-state index in [0.717, 1.165) is 42.1 Å². The third-order valence-electron chi connectivity index (χ3n) is 2.15. The van der Waals surface area contributed by atoms with Crippen LogP contribution in [-0.4, -0.2) is 13.7 Å². The fourth-order valence-corrected chi connectivity index (χ4v) is 1.54. The van der Waals surface area contributed by atoms with Gasteiger partial charge in [0.2, 0.25) is 0 Å². The molecule has 0 amide bonds. The van der Waals surface area contributed by atoms with Crippen LogP contribution < -0.4 is 10.5 Å². The highest BCUT2D eigenvalue weighted by molar-refractivity contribution is 6.31. The highest BCUT2D eigenvalue weighted by atomic mass is 35.5. The number of hydrogen-bond donors (Lipinski definition) is 1. The second kappa shape index (κ2) is 5.89. The topological polar surface area (TPSA) is 35.2 Å². The quantitative estimate of drug-likeness (QED) is 0.764. The standard InChI is InChI=1S/C11H16ClNO/c1-14-10-5-6-11(12)9(8-10)4-2-3-7-13/h5-6,8H,2-4,7,13H2,1H3. The monoisotopic (exact) mass is 213 g/mol. The molecule has 0 bridgehead atoms. The largest absolute Gasteiger partial charge is 0.497 e. The average molecular weight is 214 g/mol. The van der Waals surface area contributed by atoms with Gasteiger partial charge in [0.1, 0.15) is 5.75 Å². The van der Waals surface area contributed by atoms with Gasteiger partial charge in [-0.15, -0.1) is 0 Å². The molecular formula is C11H16ClNO. The Hall–Kier alpha value is -0.730. The molecule has 78 valence electrons. The van der Waals surface area contributed by atoms with Gasteiger partial charge in [0.25, 0.3) is 0 Å². The van der Waals surface area contributed by atoms with E-state index in [0.29, 0.717) is 0 Å². The molecule has 0 saturated heterocycles. The first-order valence-electron chi connectivity index (χ1n) is 4.80. The Morgan fingerprint density at radius 1 is 1.36 bits per heavy atom. The van der Waals surface area contributed by atoms with Gasteiger partial charge in [0.05, 0.1) is 7.11 Å². The van der Waals surface area contributed by atoms with Gasteiger partial charge in [0, 0.05) is 5.02 Å². The van der Waals surface area contributed by atoms with Crippen molar-refractivity contribution >= 4 is 11.6 Å². The molecule has 1 aromatic carbocycles. The Kier molecular flexibility index (Phi) is 4.77. The molecule has 0 saturated carbocycles. The summed E-state index contributed by atoms with van der Waals surface area (Å²) in [6.07, 6.45) is 3.07. The lowest BCUT2D eigenvalue weighted by molar-refractivity contribution is 0.414. The number of rotatable bonds is 5. The van der Waals surface area contributed by atoms with Gasteiger partial charge < -0.3 is 10.5 Å². The first-order valence-corrected chi connectivity index (χ1v) is 5.18. The highest BCUT2D eigenvalue weighted by Gasteiger charge is 2.01. The summed E-state index contributed by atoms with van der Waals surface area (Å²) < 4.78 is 5.13. The molecule has 1 rings (SSSR count). The van der Waals surface area contributed by atoms with Crippen molar-refractivity contribution in [2.45, 2.75) is 19.3 Å². The van der Waals surface area contributed by atoms with E-state index in [4.69, 9.17) is 22.1 Å². The van der Waals surface area contributed by atoms with Crippen molar-refractivity contribution in [2.24, 2.45) is 5.73 Å². The number of aryl methyl sites for hydroxylation is 1. The third-order valence-corrected chi connectivity index (χ3v) is 2.52. The van der Waals surface area contributed by atoms with Crippen molar-refractivity contribution in [3.05, 3.63) is 28.8 Å². The molecule has 3 heteroatoms. The maximum atomic E-state index is 6.05. The first kappa shape index (κ1) is 11.3. The van der Waals surface area contributed by atoms with Gasteiger partial charge in [0.15, 0.2) is 0 Å². The molecule has 0 heterocycles. The minimum atomic E-state index is 0.738. The van der Waals surface area contributed by atoms with Crippen molar-refractivity contribution in [3.8, 4) is 5.75 Å². The lowest BCUT2D eigenvalue weighted by atomic mass is 10.1. The zero-order chi connectivity index (χ0) is 10.4. The predicted octanol–water partition coefficient (Wildman–Crippen LogP) is 2.63. The Balaban J connectivity index is 2.64. The van der Waals surface area contributed by atoms with Crippen LogP contribution in [0.3, 0.4) is 0 Å². The fourth-order valence-electron chi connectivity index (χ4n) is 1.33. The van der Waals surface area contributed by atoms with E-state index < -0.39 is 0 Å². The molecule has 0 atom stereocenters. The zero-order valence-electron chi connectivity index (χ0n) is 8.42. The smallest absolute Gasteiger partial charge is 0.119 e. The van der Waals surface area contributed by atoms with Gasteiger partial charge in [-0.25, -0.2) is 0 Å². The van der Waals surface area contributed by atoms with Crippen molar-refractivity contribution in [1.29, 1.82) is 0 Å². The number of hydrogen-bond acceptors (Lipinski definition) is 2. The predicted molar refractivity (Wildman–Crippen MR) is 60.0 cm³/mol. The van der Waals surface area contributed by atoms with Crippen LogP contribution in [0.2, 0.25) is 5.02 Å². The maximum absolute atomic E-state index is 6.05. The summed E-state index contributed by atoms with van der Waals surface area (Å²) in [5.41, 5.74) is 6.57. The molecule has 0 fully saturated rings. The van der Waals surface area contributed by atoms with Crippen molar-refractivity contribution in [3.63, 3.8) is 0 Å². The van der Waals surface area contributed by atoms with Crippen molar-refractivity contribution in [1.82, 2.24) is 0 Å². The molecule has 0 aliphatic rings. The Labute approximate surface area is 90.0 Å². The molecule has 2 nitrogen and oxygen atoms in total. The third kappa shape index (κ3) is 3.20. The number of ether oxygens (including phenoxy) is 1. The zero-order valence-corrected chi connectivity index (χ0v) is 9.18. The van der Waals surface area contributed by atoms with Crippen molar-refractivity contribution in [2.75, 3.05) is 13.7 Å². The van der Waals surface area contributed by atoms with Gasteiger partial charge in [-0.2, -0.15) is 0 Å². The van der Waals surface area contributed by atoms with Gasteiger partial charge in [-0.3, -0.25) is 0 Å². The summed E-state index contributed by atoms with van der Waals surface area (Å²) in [6.45, 7) is 0.738. The van der Waals surface area contributed by atoms with E-state index in [-0.39, 0.29) is 0 Å². The van der Waals surface area contributed by atoms with E-state index in [2.05, 4.69) is 0 Å². The van der Waals surface area contributed by atoms with Crippen molar-refractivity contribution < 1.29 is 4.74 Å². The van der Waals surface area contributed by atoms with E-state index in [9.17, 15) is 0 Å². The SMILES string of the molecule is COc1ccc(Cl)c(CCCCN)c1.